The van der Waals surface area contributed by atoms with E-state index in [1.54, 1.807) is 42.4 Å². The highest BCUT2D eigenvalue weighted by molar-refractivity contribution is 6.08. The van der Waals surface area contributed by atoms with E-state index in [-0.39, 0.29) is 17.7 Å². The van der Waals surface area contributed by atoms with Gasteiger partial charge in [-0.3, -0.25) is 14.3 Å². The number of benzene rings is 2. The highest BCUT2D eigenvalue weighted by Crippen LogP contribution is 2.20. The third kappa shape index (κ3) is 4.86. The van der Waals surface area contributed by atoms with Crippen LogP contribution in [0.2, 0.25) is 0 Å². The van der Waals surface area contributed by atoms with Gasteiger partial charge in [0.25, 0.3) is 11.8 Å². The van der Waals surface area contributed by atoms with E-state index in [0.717, 1.165) is 18.5 Å². The van der Waals surface area contributed by atoms with E-state index < -0.39 is 0 Å². The molecule has 3 rings (SSSR count). The summed E-state index contributed by atoms with van der Waals surface area (Å²) < 4.78 is 6.65. The minimum absolute atomic E-state index is 0.0681. The van der Waals surface area contributed by atoms with Gasteiger partial charge in [0.05, 0.1) is 7.11 Å². The standard InChI is InChI=1S/C23H26N4O3/c1-4-5-15-27(19-9-7-6-8-10-19)23(29)17-11-13-18(14-12-17)24-21(28)20-16-26(2)25-22(20)30-3/h6-14,16H,4-5,15H2,1-3H3,(H,24,28). The second-order valence-electron chi connectivity index (χ2n) is 6.90. The number of hydrogen-bond acceptors (Lipinski definition) is 4. The number of methoxy groups -OCH3 is 1. The second-order valence-corrected chi connectivity index (χ2v) is 6.90. The molecule has 0 unspecified atom stereocenters. The van der Waals surface area contributed by atoms with E-state index in [1.807, 2.05) is 30.3 Å². The van der Waals surface area contributed by atoms with E-state index in [4.69, 9.17) is 4.74 Å². The molecule has 156 valence electrons. The van der Waals surface area contributed by atoms with Crippen molar-refractivity contribution in [3.63, 3.8) is 0 Å². The molecule has 1 aromatic heterocycles. The van der Waals surface area contributed by atoms with E-state index in [0.29, 0.717) is 23.4 Å². The van der Waals surface area contributed by atoms with Crippen molar-refractivity contribution in [2.45, 2.75) is 19.8 Å². The van der Waals surface area contributed by atoms with Crippen LogP contribution < -0.4 is 15.0 Å². The van der Waals surface area contributed by atoms with Gasteiger partial charge in [0, 0.05) is 36.7 Å². The Morgan fingerprint density at radius 2 is 1.80 bits per heavy atom. The SMILES string of the molecule is CCCCN(C(=O)c1ccc(NC(=O)c2cn(C)nc2OC)cc1)c1ccccc1. The van der Waals surface area contributed by atoms with Crippen LogP contribution in [0.25, 0.3) is 0 Å². The van der Waals surface area contributed by atoms with Crippen LogP contribution in [0.4, 0.5) is 11.4 Å². The maximum absolute atomic E-state index is 13.1. The molecule has 2 amide bonds. The number of para-hydroxylation sites is 1. The summed E-state index contributed by atoms with van der Waals surface area (Å²) in [7, 11) is 3.19. The van der Waals surface area contributed by atoms with Gasteiger partial charge in [0.2, 0.25) is 5.88 Å². The van der Waals surface area contributed by atoms with Crippen LogP contribution in [0.5, 0.6) is 5.88 Å². The lowest BCUT2D eigenvalue weighted by Crippen LogP contribution is -2.31. The molecule has 3 aromatic rings. The number of carbonyl (C=O) groups excluding carboxylic acids is 2. The van der Waals surface area contributed by atoms with Gasteiger partial charge in [-0.2, -0.15) is 0 Å². The van der Waals surface area contributed by atoms with E-state index >= 15 is 0 Å². The van der Waals surface area contributed by atoms with Gasteiger partial charge in [-0.1, -0.05) is 31.5 Å². The number of nitrogens with one attached hydrogen (secondary N) is 1. The molecule has 0 aliphatic carbocycles. The van der Waals surface area contributed by atoms with Gasteiger partial charge < -0.3 is 15.0 Å². The molecule has 1 heterocycles. The third-order valence-electron chi connectivity index (χ3n) is 4.67. The zero-order chi connectivity index (χ0) is 21.5. The second kappa shape index (κ2) is 9.73. The van der Waals surface area contributed by atoms with Crippen LogP contribution in [-0.4, -0.2) is 35.2 Å². The Kier molecular flexibility index (Phi) is 6.85. The molecule has 1 N–H and O–H groups in total. The van der Waals surface area contributed by atoms with Crippen LogP contribution in [-0.2, 0) is 7.05 Å². The van der Waals surface area contributed by atoms with Crippen molar-refractivity contribution in [2.24, 2.45) is 7.05 Å². The quantitative estimate of drug-likeness (QED) is 0.610. The van der Waals surface area contributed by atoms with Crippen LogP contribution in [0.15, 0.2) is 60.8 Å². The molecule has 7 heteroatoms. The number of rotatable bonds is 8. The van der Waals surface area contributed by atoms with Crippen LogP contribution >= 0.6 is 0 Å². The number of ether oxygens (including phenoxy) is 1. The molecule has 0 spiro atoms. The first-order chi connectivity index (χ1) is 14.5. The summed E-state index contributed by atoms with van der Waals surface area (Å²) in [6.45, 7) is 2.75. The van der Waals surface area contributed by atoms with Crippen molar-refractivity contribution < 1.29 is 14.3 Å². The molecule has 0 bridgehead atoms. The number of nitrogens with zero attached hydrogens (tertiary/aromatic N) is 3. The van der Waals surface area contributed by atoms with Crippen LogP contribution in [0.3, 0.4) is 0 Å². The summed E-state index contributed by atoms with van der Waals surface area (Å²) in [5.41, 5.74) is 2.36. The average Bonchev–Trinajstić information content (AvgIpc) is 3.16. The minimum atomic E-state index is -0.326. The Morgan fingerprint density at radius 3 is 2.43 bits per heavy atom. The van der Waals surface area contributed by atoms with Gasteiger partial charge in [-0.15, -0.1) is 5.10 Å². The number of unbranched alkanes of at least 4 members (excludes halogenated alkanes) is 1. The molecule has 0 saturated heterocycles. The fourth-order valence-electron chi connectivity index (χ4n) is 3.10. The highest BCUT2D eigenvalue weighted by Gasteiger charge is 2.19. The van der Waals surface area contributed by atoms with Gasteiger partial charge in [0.1, 0.15) is 5.56 Å². The average molecular weight is 406 g/mol. The minimum Gasteiger partial charge on any atom is -0.479 e. The molecule has 0 aliphatic heterocycles. The number of amides is 2. The van der Waals surface area contributed by atoms with E-state index in [2.05, 4.69) is 17.3 Å². The Bertz CT molecular complexity index is 997. The molecule has 0 atom stereocenters. The lowest BCUT2D eigenvalue weighted by molar-refractivity contribution is 0.0985. The molecule has 30 heavy (non-hydrogen) atoms. The van der Waals surface area contributed by atoms with Crippen molar-refractivity contribution in [1.82, 2.24) is 9.78 Å². The van der Waals surface area contributed by atoms with E-state index in [1.165, 1.54) is 11.8 Å². The van der Waals surface area contributed by atoms with Crippen molar-refractivity contribution >= 4 is 23.2 Å². The maximum atomic E-state index is 13.1. The monoisotopic (exact) mass is 406 g/mol. The lowest BCUT2D eigenvalue weighted by atomic mass is 10.1. The lowest BCUT2D eigenvalue weighted by Gasteiger charge is -2.23. The maximum Gasteiger partial charge on any atom is 0.262 e. The topological polar surface area (TPSA) is 76.5 Å². The predicted octanol–water partition coefficient (Wildman–Crippen LogP) is 4.13. The Balaban J connectivity index is 1.75. The van der Waals surface area contributed by atoms with Gasteiger partial charge in [0.15, 0.2) is 0 Å². The van der Waals surface area contributed by atoms with Crippen molar-refractivity contribution in [2.75, 3.05) is 23.9 Å². The third-order valence-corrected chi connectivity index (χ3v) is 4.67. The summed E-state index contributed by atoms with van der Waals surface area (Å²) in [4.78, 5) is 27.4. The molecule has 0 saturated carbocycles. The summed E-state index contributed by atoms with van der Waals surface area (Å²) in [6.07, 6.45) is 3.51. The number of anilines is 2. The fourth-order valence-corrected chi connectivity index (χ4v) is 3.10. The summed E-state index contributed by atoms with van der Waals surface area (Å²) in [5, 5.41) is 6.90. The van der Waals surface area contributed by atoms with Crippen molar-refractivity contribution in [3.05, 3.63) is 71.9 Å². The Hall–Kier alpha value is -3.61. The predicted molar refractivity (Wildman–Crippen MR) is 117 cm³/mol. The smallest absolute Gasteiger partial charge is 0.262 e. The van der Waals surface area contributed by atoms with Crippen LogP contribution in [0.1, 0.15) is 40.5 Å². The van der Waals surface area contributed by atoms with E-state index in [9.17, 15) is 9.59 Å². The van der Waals surface area contributed by atoms with Gasteiger partial charge in [-0.25, -0.2) is 0 Å². The fraction of sp³-hybridized carbons (Fsp3) is 0.261. The number of aromatic nitrogens is 2. The molecule has 2 aromatic carbocycles. The van der Waals surface area contributed by atoms with Crippen LogP contribution in [0, 0.1) is 0 Å². The number of hydrogen-bond donors (Lipinski definition) is 1. The highest BCUT2D eigenvalue weighted by atomic mass is 16.5. The summed E-state index contributed by atoms with van der Waals surface area (Å²) >= 11 is 0. The summed E-state index contributed by atoms with van der Waals surface area (Å²) in [6, 6.07) is 16.5. The molecular formula is C23H26N4O3. The molecule has 7 nitrogen and oxygen atoms in total. The first kappa shape index (κ1) is 21.1. The molecular weight excluding hydrogens is 380 g/mol. The Labute approximate surface area is 176 Å². The number of aryl methyl sites for hydroxylation is 1. The normalized spacial score (nSPS) is 10.5. The zero-order valence-corrected chi connectivity index (χ0v) is 17.5. The first-order valence-corrected chi connectivity index (χ1v) is 9.89. The van der Waals surface area contributed by atoms with Gasteiger partial charge >= 0.3 is 0 Å². The molecule has 0 fully saturated rings. The van der Waals surface area contributed by atoms with Crippen molar-refractivity contribution in [1.29, 1.82) is 0 Å². The Morgan fingerprint density at radius 1 is 1.10 bits per heavy atom. The number of carbonyl (C=O) groups is 2. The summed E-state index contributed by atoms with van der Waals surface area (Å²) in [5.74, 6) is -0.134. The molecule has 0 radical (unpaired) electrons. The zero-order valence-electron chi connectivity index (χ0n) is 17.5. The van der Waals surface area contributed by atoms with Crippen molar-refractivity contribution in [3.8, 4) is 5.88 Å². The molecule has 0 aliphatic rings. The first-order valence-electron chi connectivity index (χ1n) is 9.89. The van der Waals surface area contributed by atoms with Gasteiger partial charge in [-0.05, 0) is 42.8 Å². The largest absolute Gasteiger partial charge is 0.479 e.